The molecular formula is C26H16ClF5N2O3S. The van der Waals surface area contributed by atoms with E-state index in [1.54, 1.807) is 6.07 Å². The molecular weight excluding hydrogens is 551 g/mol. The number of benzene rings is 4. The largest absolute Gasteiger partial charge is 0.416 e. The summed E-state index contributed by atoms with van der Waals surface area (Å²) in [6.45, 7) is 0. The Balaban J connectivity index is 1.77. The number of anilines is 2. The number of hydrogen-bond donors (Lipinski definition) is 2. The molecule has 0 aliphatic carbocycles. The zero-order chi connectivity index (χ0) is 27.7. The Hall–Kier alpha value is -3.96. The van der Waals surface area contributed by atoms with Gasteiger partial charge in [-0.05, 0) is 54.6 Å². The van der Waals surface area contributed by atoms with E-state index < -0.39 is 45.0 Å². The summed E-state index contributed by atoms with van der Waals surface area (Å²) < 4.78 is 96.1. The molecule has 4 aromatic carbocycles. The lowest BCUT2D eigenvalue weighted by Crippen LogP contribution is -2.19. The van der Waals surface area contributed by atoms with Crippen LogP contribution in [0.1, 0.15) is 15.9 Å². The van der Waals surface area contributed by atoms with Gasteiger partial charge in [-0.25, -0.2) is 17.2 Å². The standard InChI is InChI=1S/C26H16ClF5N2O3S/c27-16-7-10-21(24(13-16)34-38(36,37)18-4-2-1-3-5-18)25(35)33-23-12-15(26(30,31)32)6-9-20(23)19-11-8-17(28)14-22(19)29/h1-14,34H,(H,33,35). The normalized spacial score (nSPS) is 11.7. The molecule has 0 aliphatic heterocycles. The minimum atomic E-state index is -4.80. The van der Waals surface area contributed by atoms with Crippen molar-refractivity contribution in [3.63, 3.8) is 0 Å². The van der Waals surface area contributed by atoms with Crippen LogP contribution in [0.5, 0.6) is 0 Å². The Morgan fingerprint density at radius 3 is 2.13 bits per heavy atom. The molecule has 1 amide bonds. The zero-order valence-corrected chi connectivity index (χ0v) is 20.6. The van der Waals surface area contributed by atoms with E-state index in [0.29, 0.717) is 18.2 Å². The molecule has 0 unspecified atom stereocenters. The molecule has 38 heavy (non-hydrogen) atoms. The van der Waals surface area contributed by atoms with Crippen LogP contribution in [-0.4, -0.2) is 14.3 Å². The van der Waals surface area contributed by atoms with Gasteiger partial charge in [0.05, 0.1) is 21.7 Å². The Bertz CT molecular complexity index is 1630. The van der Waals surface area contributed by atoms with Crippen molar-refractivity contribution in [2.24, 2.45) is 0 Å². The third-order valence-corrected chi connectivity index (χ3v) is 6.96. The fourth-order valence-corrected chi connectivity index (χ4v) is 4.82. The zero-order valence-electron chi connectivity index (χ0n) is 19.0. The van der Waals surface area contributed by atoms with Crippen LogP contribution in [0.2, 0.25) is 5.02 Å². The summed E-state index contributed by atoms with van der Waals surface area (Å²) in [4.78, 5) is 13.1. The van der Waals surface area contributed by atoms with Crippen LogP contribution in [0.15, 0.2) is 89.8 Å². The molecule has 0 radical (unpaired) electrons. The van der Waals surface area contributed by atoms with Crippen LogP contribution in [0.3, 0.4) is 0 Å². The molecule has 12 heteroatoms. The average molecular weight is 567 g/mol. The molecule has 0 aromatic heterocycles. The summed E-state index contributed by atoms with van der Waals surface area (Å²) in [6.07, 6.45) is -4.80. The van der Waals surface area contributed by atoms with Gasteiger partial charge in [-0.2, -0.15) is 13.2 Å². The lowest BCUT2D eigenvalue weighted by atomic mass is 10.00. The smallest absolute Gasteiger partial charge is 0.321 e. The first-order valence-electron chi connectivity index (χ1n) is 10.7. The lowest BCUT2D eigenvalue weighted by Gasteiger charge is -2.17. The maximum Gasteiger partial charge on any atom is 0.416 e. The van der Waals surface area contributed by atoms with Gasteiger partial charge in [0.15, 0.2) is 0 Å². The Morgan fingerprint density at radius 1 is 0.789 bits per heavy atom. The van der Waals surface area contributed by atoms with E-state index in [2.05, 4.69) is 10.0 Å². The molecule has 196 valence electrons. The molecule has 0 aliphatic rings. The SMILES string of the molecule is O=C(Nc1cc(C(F)(F)F)ccc1-c1ccc(F)cc1F)c1ccc(Cl)cc1NS(=O)(=O)c1ccccc1. The highest BCUT2D eigenvalue weighted by Crippen LogP contribution is 2.37. The van der Waals surface area contributed by atoms with Gasteiger partial charge in [0, 0.05) is 27.9 Å². The van der Waals surface area contributed by atoms with Gasteiger partial charge in [-0.1, -0.05) is 35.9 Å². The van der Waals surface area contributed by atoms with Gasteiger partial charge in [0.25, 0.3) is 15.9 Å². The number of hydrogen-bond acceptors (Lipinski definition) is 3. The van der Waals surface area contributed by atoms with Gasteiger partial charge in [-0.15, -0.1) is 0 Å². The van der Waals surface area contributed by atoms with Crippen molar-refractivity contribution in [3.8, 4) is 11.1 Å². The second kappa shape index (κ2) is 10.4. The van der Waals surface area contributed by atoms with Gasteiger partial charge < -0.3 is 5.32 Å². The molecule has 0 bridgehead atoms. The van der Waals surface area contributed by atoms with Crippen molar-refractivity contribution in [2.45, 2.75) is 11.1 Å². The maximum atomic E-state index is 14.5. The fraction of sp³-hybridized carbons (Fsp3) is 0.0385. The highest BCUT2D eigenvalue weighted by atomic mass is 35.5. The van der Waals surface area contributed by atoms with Crippen molar-refractivity contribution in [3.05, 3.63) is 113 Å². The van der Waals surface area contributed by atoms with Crippen molar-refractivity contribution in [1.29, 1.82) is 0 Å². The Kier molecular flexibility index (Phi) is 7.43. The first kappa shape index (κ1) is 27.1. The summed E-state index contributed by atoms with van der Waals surface area (Å²) in [5.41, 5.74) is -2.54. The lowest BCUT2D eigenvalue weighted by molar-refractivity contribution is -0.137. The number of halogens is 6. The van der Waals surface area contributed by atoms with E-state index in [4.69, 9.17) is 11.6 Å². The van der Waals surface area contributed by atoms with Gasteiger partial charge in [-0.3, -0.25) is 9.52 Å². The molecule has 4 rings (SSSR count). The molecule has 0 atom stereocenters. The summed E-state index contributed by atoms with van der Waals surface area (Å²) in [7, 11) is -4.17. The number of nitrogens with one attached hydrogen (secondary N) is 2. The Labute approximate surface area is 218 Å². The van der Waals surface area contributed by atoms with Crippen LogP contribution in [0.25, 0.3) is 11.1 Å². The Morgan fingerprint density at radius 2 is 1.47 bits per heavy atom. The predicted octanol–water partition coefficient (Wildman–Crippen LogP) is 7.36. The molecule has 4 aromatic rings. The van der Waals surface area contributed by atoms with E-state index in [0.717, 1.165) is 24.3 Å². The number of carbonyl (C=O) groups excluding carboxylic acids is 1. The van der Waals surface area contributed by atoms with E-state index >= 15 is 0 Å². The third-order valence-electron chi connectivity index (χ3n) is 5.34. The van der Waals surface area contributed by atoms with Crippen LogP contribution in [0.4, 0.5) is 33.3 Å². The third kappa shape index (κ3) is 5.95. The highest BCUT2D eigenvalue weighted by Gasteiger charge is 2.32. The first-order chi connectivity index (χ1) is 17.8. The molecule has 0 fully saturated rings. The summed E-state index contributed by atoms with van der Waals surface area (Å²) >= 11 is 6.00. The van der Waals surface area contributed by atoms with Crippen molar-refractivity contribution < 1.29 is 35.2 Å². The monoisotopic (exact) mass is 566 g/mol. The summed E-state index contributed by atoms with van der Waals surface area (Å²) in [5.74, 6) is -2.99. The van der Waals surface area contributed by atoms with Crippen LogP contribution in [0, 0.1) is 11.6 Å². The van der Waals surface area contributed by atoms with E-state index in [1.165, 1.54) is 36.4 Å². The molecule has 0 saturated heterocycles. The summed E-state index contributed by atoms with van der Waals surface area (Å²) in [5, 5.41) is 2.36. The van der Waals surface area contributed by atoms with Crippen LogP contribution in [-0.2, 0) is 16.2 Å². The van der Waals surface area contributed by atoms with Crippen molar-refractivity contribution >= 4 is 38.9 Å². The maximum absolute atomic E-state index is 14.5. The summed E-state index contributed by atoms with van der Waals surface area (Å²) in [6, 6.07) is 15.5. The molecule has 2 N–H and O–H groups in total. The van der Waals surface area contributed by atoms with E-state index in [9.17, 15) is 35.2 Å². The highest BCUT2D eigenvalue weighted by molar-refractivity contribution is 7.92. The number of alkyl halides is 3. The molecule has 0 heterocycles. The predicted molar refractivity (Wildman–Crippen MR) is 133 cm³/mol. The molecule has 0 saturated carbocycles. The van der Waals surface area contributed by atoms with Gasteiger partial charge in [0.2, 0.25) is 0 Å². The van der Waals surface area contributed by atoms with Crippen LogP contribution < -0.4 is 10.0 Å². The van der Waals surface area contributed by atoms with E-state index in [1.807, 2.05) is 0 Å². The second-order valence-electron chi connectivity index (χ2n) is 7.94. The topological polar surface area (TPSA) is 75.3 Å². The first-order valence-corrected chi connectivity index (χ1v) is 12.6. The van der Waals surface area contributed by atoms with E-state index in [-0.39, 0.29) is 32.3 Å². The number of amides is 1. The fourth-order valence-electron chi connectivity index (χ4n) is 3.56. The van der Waals surface area contributed by atoms with Gasteiger partial charge in [0.1, 0.15) is 11.6 Å². The number of rotatable bonds is 6. The van der Waals surface area contributed by atoms with Crippen molar-refractivity contribution in [2.75, 3.05) is 10.0 Å². The number of carbonyl (C=O) groups is 1. The minimum Gasteiger partial charge on any atom is -0.321 e. The minimum absolute atomic E-state index is 0.0699. The number of sulfonamides is 1. The molecule has 0 spiro atoms. The molecule has 5 nitrogen and oxygen atoms in total. The second-order valence-corrected chi connectivity index (χ2v) is 10.1. The van der Waals surface area contributed by atoms with Gasteiger partial charge >= 0.3 is 6.18 Å². The average Bonchev–Trinajstić information content (AvgIpc) is 2.84. The van der Waals surface area contributed by atoms with Crippen molar-refractivity contribution in [1.82, 2.24) is 0 Å². The van der Waals surface area contributed by atoms with Crippen LogP contribution >= 0.6 is 11.6 Å². The quantitative estimate of drug-likeness (QED) is 0.240.